The van der Waals surface area contributed by atoms with E-state index < -0.39 is 0 Å². The first kappa shape index (κ1) is 13.9. The number of Topliss-reactive ketones (excluding diaryl/α,β-unsaturated/α-hetero) is 1. The highest BCUT2D eigenvalue weighted by Crippen LogP contribution is 2.37. The maximum absolute atomic E-state index is 12.1. The second-order valence-electron chi connectivity index (χ2n) is 6.13. The first-order valence-corrected chi connectivity index (χ1v) is 7.00. The molecule has 1 aromatic rings. The zero-order valence-corrected chi connectivity index (χ0v) is 12.7. The van der Waals surface area contributed by atoms with E-state index in [1.807, 2.05) is 6.92 Å². The molecular weight excluding hydrogens is 236 g/mol. The van der Waals surface area contributed by atoms with Crippen molar-refractivity contribution in [2.75, 3.05) is 11.4 Å². The van der Waals surface area contributed by atoms with E-state index in [4.69, 9.17) is 0 Å². The molecular formula is C16H24N2O. The third kappa shape index (κ3) is 2.60. The van der Waals surface area contributed by atoms with Crippen molar-refractivity contribution in [3.05, 3.63) is 29.6 Å². The van der Waals surface area contributed by atoms with Gasteiger partial charge >= 0.3 is 0 Å². The molecule has 0 N–H and O–H groups in total. The molecule has 0 aliphatic carbocycles. The van der Waals surface area contributed by atoms with Gasteiger partial charge in [0.05, 0.1) is 0 Å². The Morgan fingerprint density at radius 1 is 1.42 bits per heavy atom. The fraction of sp³-hybridized carbons (Fsp3) is 0.562. The van der Waals surface area contributed by atoms with Crippen molar-refractivity contribution in [3.8, 4) is 0 Å². The topological polar surface area (TPSA) is 25.2 Å². The summed E-state index contributed by atoms with van der Waals surface area (Å²) < 4.78 is 2.12. The van der Waals surface area contributed by atoms with Gasteiger partial charge in [0.25, 0.3) is 0 Å². The third-order valence-electron chi connectivity index (χ3n) is 4.02. The predicted octanol–water partition coefficient (Wildman–Crippen LogP) is 3.43. The predicted molar refractivity (Wildman–Crippen MR) is 79.3 cm³/mol. The average molecular weight is 260 g/mol. The van der Waals surface area contributed by atoms with E-state index >= 15 is 0 Å². The van der Waals surface area contributed by atoms with Crippen molar-refractivity contribution in [3.63, 3.8) is 0 Å². The second-order valence-corrected chi connectivity index (χ2v) is 6.13. The molecule has 2 rings (SSSR count). The number of carbonyl (C=O) groups is 1. The van der Waals surface area contributed by atoms with Crippen LogP contribution in [0.2, 0.25) is 0 Å². The van der Waals surface area contributed by atoms with Crippen molar-refractivity contribution in [1.82, 2.24) is 4.57 Å². The molecule has 0 amide bonds. The Balaban J connectivity index is 2.39. The molecule has 3 nitrogen and oxygen atoms in total. The van der Waals surface area contributed by atoms with Gasteiger partial charge in [-0.2, -0.15) is 0 Å². The van der Waals surface area contributed by atoms with Crippen LogP contribution in [0, 0.1) is 12.3 Å². The van der Waals surface area contributed by atoms with Gasteiger partial charge in [-0.25, -0.2) is 0 Å². The quantitative estimate of drug-likeness (QED) is 0.832. The van der Waals surface area contributed by atoms with Crippen LogP contribution in [0.1, 0.15) is 39.2 Å². The molecule has 1 aliphatic heterocycles. The normalized spacial score (nSPS) is 18.4. The maximum atomic E-state index is 12.1. The van der Waals surface area contributed by atoms with E-state index in [1.54, 1.807) is 0 Å². The van der Waals surface area contributed by atoms with Crippen LogP contribution < -0.4 is 4.90 Å². The number of nitrogens with zero attached hydrogens (tertiary/aromatic N) is 2. The first-order valence-electron chi connectivity index (χ1n) is 7.00. The highest BCUT2D eigenvalue weighted by Gasteiger charge is 2.32. The Hall–Kier alpha value is -1.51. The van der Waals surface area contributed by atoms with Gasteiger partial charge in [-0.3, -0.25) is 4.79 Å². The van der Waals surface area contributed by atoms with Gasteiger partial charge in [0, 0.05) is 38.0 Å². The third-order valence-corrected chi connectivity index (χ3v) is 4.02. The molecule has 1 aromatic heterocycles. The lowest BCUT2D eigenvalue weighted by Crippen LogP contribution is -2.35. The fourth-order valence-electron chi connectivity index (χ4n) is 2.75. The number of carbonyl (C=O) groups excluding carboxylic acids is 1. The van der Waals surface area contributed by atoms with Gasteiger partial charge in [0.15, 0.2) is 5.78 Å². The number of aromatic nitrogens is 1. The van der Waals surface area contributed by atoms with E-state index in [0.717, 1.165) is 24.4 Å². The van der Waals surface area contributed by atoms with Crippen LogP contribution in [0.15, 0.2) is 24.0 Å². The summed E-state index contributed by atoms with van der Waals surface area (Å²) in [6, 6.07) is 2.17. The lowest BCUT2D eigenvalue weighted by Gasteiger charge is -2.37. The van der Waals surface area contributed by atoms with Crippen LogP contribution in [0.3, 0.4) is 0 Å². The molecule has 1 aliphatic rings. The van der Waals surface area contributed by atoms with Crippen LogP contribution in [0.4, 0.5) is 5.82 Å². The Morgan fingerprint density at radius 3 is 2.63 bits per heavy atom. The number of anilines is 1. The summed E-state index contributed by atoms with van der Waals surface area (Å²) in [6.07, 6.45) is 5.76. The highest BCUT2D eigenvalue weighted by atomic mass is 16.1. The molecule has 0 bridgehead atoms. The summed E-state index contributed by atoms with van der Waals surface area (Å²) in [6.45, 7) is 9.33. The van der Waals surface area contributed by atoms with Crippen molar-refractivity contribution in [1.29, 1.82) is 0 Å². The Morgan fingerprint density at radius 2 is 2.11 bits per heavy atom. The monoisotopic (exact) mass is 260 g/mol. The van der Waals surface area contributed by atoms with Gasteiger partial charge in [-0.05, 0) is 30.4 Å². The average Bonchev–Trinajstić information content (AvgIpc) is 2.67. The molecule has 104 valence electrons. The molecule has 3 heteroatoms. The van der Waals surface area contributed by atoms with Crippen LogP contribution in [-0.4, -0.2) is 16.9 Å². The minimum absolute atomic E-state index is 0.0101. The van der Waals surface area contributed by atoms with E-state index in [2.05, 4.69) is 55.7 Å². The Kier molecular flexibility index (Phi) is 3.57. The smallest absolute Gasteiger partial charge is 0.160 e. The van der Waals surface area contributed by atoms with Gasteiger partial charge in [0.1, 0.15) is 5.82 Å². The fourth-order valence-corrected chi connectivity index (χ4v) is 2.75. The van der Waals surface area contributed by atoms with Crippen molar-refractivity contribution in [2.45, 2.75) is 40.5 Å². The van der Waals surface area contributed by atoms with E-state index in [-0.39, 0.29) is 11.2 Å². The summed E-state index contributed by atoms with van der Waals surface area (Å²) in [5, 5.41) is 0. The number of allylic oxidation sites excluding steroid dienone is 1. The zero-order chi connectivity index (χ0) is 14.2. The lowest BCUT2D eigenvalue weighted by molar-refractivity contribution is -0.116. The summed E-state index contributed by atoms with van der Waals surface area (Å²) in [5.74, 6) is 1.43. The van der Waals surface area contributed by atoms with E-state index in [1.165, 1.54) is 5.56 Å². The van der Waals surface area contributed by atoms with Crippen molar-refractivity contribution >= 4 is 11.6 Å². The Bertz CT molecular complexity index is 523. The molecule has 0 spiro atoms. The highest BCUT2D eigenvalue weighted by molar-refractivity contribution is 5.97. The van der Waals surface area contributed by atoms with Crippen LogP contribution in [0.5, 0.6) is 0 Å². The molecule has 0 aromatic carbocycles. The number of hydrogen-bond acceptors (Lipinski definition) is 2. The first-order chi connectivity index (χ1) is 8.85. The van der Waals surface area contributed by atoms with Gasteiger partial charge in [-0.15, -0.1) is 0 Å². The number of rotatable bonds is 3. The molecule has 19 heavy (non-hydrogen) atoms. The lowest BCUT2D eigenvalue weighted by atomic mass is 9.77. The van der Waals surface area contributed by atoms with Crippen LogP contribution in [-0.2, 0) is 11.8 Å². The van der Waals surface area contributed by atoms with Crippen molar-refractivity contribution < 1.29 is 4.79 Å². The summed E-state index contributed by atoms with van der Waals surface area (Å²) in [5.41, 5.74) is 2.20. The number of hydrogen-bond donors (Lipinski definition) is 0. The van der Waals surface area contributed by atoms with Gasteiger partial charge in [-0.1, -0.05) is 20.8 Å². The Labute approximate surface area is 115 Å². The molecule has 0 fully saturated rings. The molecule has 0 radical (unpaired) electrons. The summed E-state index contributed by atoms with van der Waals surface area (Å²) in [7, 11) is 2.05. The zero-order valence-electron chi connectivity index (χ0n) is 12.7. The molecule has 0 saturated heterocycles. The minimum Gasteiger partial charge on any atom is -0.337 e. The van der Waals surface area contributed by atoms with Crippen LogP contribution >= 0.6 is 0 Å². The number of aryl methyl sites for hydroxylation is 2. The summed E-state index contributed by atoms with van der Waals surface area (Å²) >= 11 is 0. The molecule has 0 saturated carbocycles. The van der Waals surface area contributed by atoms with Crippen LogP contribution in [0.25, 0.3) is 0 Å². The molecule has 0 unspecified atom stereocenters. The standard InChI is InChI=1S/C16H24N2O/c1-6-14(19)13-11-18(8-7-16(13,3)4)15-9-12(2)10-17(15)5/h9-11H,6-8H2,1-5H3. The van der Waals surface area contributed by atoms with Gasteiger partial charge in [0.2, 0.25) is 0 Å². The van der Waals surface area contributed by atoms with E-state index in [0.29, 0.717) is 6.42 Å². The molecule has 2 heterocycles. The molecule has 0 atom stereocenters. The van der Waals surface area contributed by atoms with Gasteiger partial charge < -0.3 is 9.47 Å². The second kappa shape index (κ2) is 4.87. The van der Waals surface area contributed by atoms with E-state index in [9.17, 15) is 4.79 Å². The van der Waals surface area contributed by atoms with Crippen molar-refractivity contribution in [2.24, 2.45) is 12.5 Å². The number of ketones is 1. The summed E-state index contributed by atoms with van der Waals surface area (Å²) in [4.78, 5) is 14.4. The largest absolute Gasteiger partial charge is 0.337 e. The minimum atomic E-state index is -0.0101. The SMILES string of the molecule is CCC(=O)C1=CN(c2cc(C)cn2C)CCC1(C)C. The maximum Gasteiger partial charge on any atom is 0.160 e.